The van der Waals surface area contributed by atoms with Crippen LogP contribution in [0.15, 0.2) is 54.6 Å². The number of halogens is 1. The molecule has 0 bridgehead atoms. The van der Waals surface area contributed by atoms with Gasteiger partial charge in [-0.15, -0.1) is 0 Å². The van der Waals surface area contributed by atoms with Crippen LogP contribution < -0.4 is 16.2 Å². The van der Waals surface area contributed by atoms with Crippen molar-refractivity contribution in [3.63, 3.8) is 0 Å². The number of nitrogens with one attached hydrogen (secondary N) is 3. The lowest BCUT2D eigenvalue weighted by Gasteiger charge is -2.09. The van der Waals surface area contributed by atoms with E-state index in [-0.39, 0.29) is 16.7 Å². The van der Waals surface area contributed by atoms with Crippen molar-refractivity contribution in [3.05, 3.63) is 71.6 Å². The van der Waals surface area contributed by atoms with E-state index in [1.807, 2.05) is 0 Å². The van der Waals surface area contributed by atoms with Crippen LogP contribution in [-0.4, -0.2) is 22.0 Å². The third-order valence-corrected chi connectivity index (χ3v) is 3.16. The maximum absolute atomic E-state index is 12.8. The van der Waals surface area contributed by atoms with Crippen LogP contribution in [0.5, 0.6) is 5.75 Å². The van der Waals surface area contributed by atoms with Gasteiger partial charge >= 0.3 is 0 Å². The average molecular weight is 359 g/mol. The molecular formula is C17H14FN3O3S. The van der Waals surface area contributed by atoms with Crippen LogP contribution in [0.4, 0.5) is 4.39 Å². The Morgan fingerprint density at radius 3 is 2.28 bits per heavy atom. The van der Waals surface area contributed by atoms with Gasteiger partial charge in [0.05, 0.1) is 0 Å². The molecule has 0 aliphatic heterocycles. The largest absolute Gasteiger partial charge is 0.508 e. The Morgan fingerprint density at radius 1 is 1.00 bits per heavy atom. The fourth-order valence-corrected chi connectivity index (χ4v) is 1.88. The van der Waals surface area contributed by atoms with Gasteiger partial charge in [0, 0.05) is 11.6 Å². The molecular weight excluding hydrogens is 345 g/mol. The van der Waals surface area contributed by atoms with Crippen molar-refractivity contribution in [2.75, 3.05) is 0 Å². The average Bonchev–Trinajstić information content (AvgIpc) is 2.60. The minimum absolute atomic E-state index is 0.0419. The quantitative estimate of drug-likeness (QED) is 0.382. The van der Waals surface area contributed by atoms with Gasteiger partial charge in [-0.2, -0.15) is 0 Å². The fourth-order valence-electron chi connectivity index (χ4n) is 1.73. The summed E-state index contributed by atoms with van der Waals surface area (Å²) in [5.74, 6) is -1.32. The fraction of sp³-hybridized carbons (Fsp3) is 0. The second-order valence-corrected chi connectivity index (χ2v) is 5.24. The Morgan fingerprint density at radius 2 is 1.64 bits per heavy atom. The van der Waals surface area contributed by atoms with Crippen LogP contribution in [0.25, 0.3) is 6.08 Å². The second kappa shape index (κ2) is 8.55. The first-order valence-electron chi connectivity index (χ1n) is 7.08. The molecule has 2 rings (SSSR count). The van der Waals surface area contributed by atoms with Crippen molar-refractivity contribution in [3.8, 4) is 5.75 Å². The number of hydrogen-bond acceptors (Lipinski definition) is 4. The monoisotopic (exact) mass is 359 g/mol. The highest BCUT2D eigenvalue weighted by atomic mass is 32.1. The van der Waals surface area contributed by atoms with Gasteiger partial charge in [-0.05, 0) is 60.3 Å². The minimum atomic E-state index is -0.513. The lowest BCUT2D eigenvalue weighted by Crippen LogP contribution is -2.48. The molecule has 8 heteroatoms. The molecule has 0 aliphatic rings. The highest BCUT2D eigenvalue weighted by Crippen LogP contribution is 2.09. The highest BCUT2D eigenvalue weighted by Gasteiger charge is 2.06. The van der Waals surface area contributed by atoms with Gasteiger partial charge in [-0.3, -0.25) is 25.8 Å². The number of hydrogen-bond donors (Lipinski definition) is 4. The molecule has 6 nitrogen and oxygen atoms in total. The van der Waals surface area contributed by atoms with E-state index in [1.54, 1.807) is 0 Å². The summed E-state index contributed by atoms with van der Waals surface area (Å²) < 4.78 is 12.8. The van der Waals surface area contributed by atoms with Gasteiger partial charge in [0.25, 0.3) is 5.91 Å². The highest BCUT2D eigenvalue weighted by molar-refractivity contribution is 7.80. The first-order valence-corrected chi connectivity index (χ1v) is 7.49. The molecule has 2 amide bonds. The summed E-state index contributed by atoms with van der Waals surface area (Å²) in [4.78, 5) is 23.5. The number of aromatic hydroxyl groups is 1. The third-order valence-electron chi connectivity index (χ3n) is 2.95. The molecule has 4 N–H and O–H groups in total. The minimum Gasteiger partial charge on any atom is -0.508 e. The Labute approximate surface area is 148 Å². The second-order valence-electron chi connectivity index (χ2n) is 4.83. The number of phenolic OH excluding ortho intramolecular Hbond substituents is 1. The number of phenols is 1. The van der Waals surface area contributed by atoms with Gasteiger partial charge < -0.3 is 5.11 Å². The maximum Gasteiger partial charge on any atom is 0.269 e. The van der Waals surface area contributed by atoms with Gasteiger partial charge in [0.2, 0.25) is 5.91 Å². The van der Waals surface area contributed by atoms with Crippen molar-refractivity contribution in [2.24, 2.45) is 0 Å². The molecule has 0 fully saturated rings. The molecule has 2 aromatic rings. The van der Waals surface area contributed by atoms with Gasteiger partial charge in [0.1, 0.15) is 11.6 Å². The molecule has 0 unspecified atom stereocenters. The number of carbonyl (C=O) groups is 2. The van der Waals surface area contributed by atoms with Crippen molar-refractivity contribution in [2.45, 2.75) is 0 Å². The van der Waals surface area contributed by atoms with Crippen molar-refractivity contribution in [1.82, 2.24) is 16.2 Å². The van der Waals surface area contributed by atoms with Crippen LogP contribution in [0, 0.1) is 5.82 Å². The molecule has 0 aliphatic carbocycles. The lowest BCUT2D eigenvalue weighted by atomic mass is 10.2. The van der Waals surface area contributed by atoms with Crippen LogP contribution in [0.3, 0.4) is 0 Å². The molecule has 25 heavy (non-hydrogen) atoms. The molecule has 0 radical (unpaired) electrons. The predicted octanol–water partition coefficient (Wildman–Crippen LogP) is 1.88. The summed E-state index contributed by atoms with van der Waals surface area (Å²) in [6, 6.07) is 11.2. The van der Waals surface area contributed by atoms with E-state index in [4.69, 9.17) is 17.3 Å². The topological polar surface area (TPSA) is 90.5 Å². The molecule has 128 valence electrons. The van der Waals surface area contributed by atoms with Crippen LogP contribution in [0.2, 0.25) is 0 Å². The van der Waals surface area contributed by atoms with E-state index in [0.29, 0.717) is 11.1 Å². The van der Waals surface area contributed by atoms with Gasteiger partial charge in [-0.25, -0.2) is 4.39 Å². The number of amides is 2. The summed E-state index contributed by atoms with van der Waals surface area (Å²) in [5.41, 5.74) is 5.65. The van der Waals surface area contributed by atoms with E-state index in [1.165, 1.54) is 60.7 Å². The summed E-state index contributed by atoms with van der Waals surface area (Å²) in [5, 5.41) is 11.4. The molecule has 0 spiro atoms. The number of hydrazine groups is 1. The summed E-state index contributed by atoms with van der Waals surface area (Å²) in [6.07, 6.45) is 2.72. The third kappa shape index (κ3) is 6.04. The zero-order valence-corrected chi connectivity index (χ0v) is 13.6. The summed E-state index contributed by atoms with van der Waals surface area (Å²) in [7, 11) is 0. The van der Waals surface area contributed by atoms with E-state index in [2.05, 4.69) is 16.2 Å². The zero-order chi connectivity index (χ0) is 18.2. The maximum atomic E-state index is 12.8. The Kier molecular flexibility index (Phi) is 6.19. The van der Waals surface area contributed by atoms with Crippen LogP contribution in [0.1, 0.15) is 15.9 Å². The van der Waals surface area contributed by atoms with E-state index in [0.717, 1.165) is 0 Å². The molecule has 0 aromatic heterocycles. The normalized spacial score (nSPS) is 10.3. The zero-order valence-electron chi connectivity index (χ0n) is 12.8. The first kappa shape index (κ1) is 18.1. The molecule has 0 saturated heterocycles. The molecule has 0 atom stereocenters. The first-order chi connectivity index (χ1) is 11.9. The summed E-state index contributed by atoms with van der Waals surface area (Å²) in [6.45, 7) is 0. The molecule has 0 saturated carbocycles. The lowest BCUT2D eigenvalue weighted by molar-refractivity contribution is -0.115. The number of benzene rings is 2. The number of rotatable bonds is 3. The standard InChI is InChI=1S/C17H14FN3O3S/c18-13-6-1-11(2-7-13)3-10-15(23)19-17(25)21-20-16(24)12-4-8-14(22)9-5-12/h1-10,22H,(H,20,24)(H2,19,21,23,25)/b10-3+. The summed E-state index contributed by atoms with van der Waals surface area (Å²) >= 11 is 4.89. The number of carbonyl (C=O) groups excluding carboxylic acids is 2. The van der Waals surface area contributed by atoms with E-state index in [9.17, 15) is 14.0 Å². The predicted molar refractivity (Wildman–Crippen MR) is 94.9 cm³/mol. The van der Waals surface area contributed by atoms with Gasteiger partial charge in [0.15, 0.2) is 5.11 Å². The Balaban J connectivity index is 1.79. The Bertz CT molecular complexity index is 805. The van der Waals surface area contributed by atoms with Crippen LogP contribution >= 0.6 is 12.2 Å². The number of thiocarbonyl (C=S) groups is 1. The van der Waals surface area contributed by atoms with Gasteiger partial charge in [-0.1, -0.05) is 12.1 Å². The van der Waals surface area contributed by atoms with Crippen molar-refractivity contribution < 1.29 is 19.1 Å². The van der Waals surface area contributed by atoms with Crippen molar-refractivity contribution >= 4 is 35.2 Å². The Hall–Kier alpha value is -3.26. The van der Waals surface area contributed by atoms with E-state index >= 15 is 0 Å². The smallest absolute Gasteiger partial charge is 0.269 e. The molecule has 0 heterocycles. The van der Waals surface area contributed by atoms with Crippen molar-refractivity contribution in [1.29, 1.82) is 0 Å². The SMILES string of the molecule is O=C(/C=C/c1ccc(F)cc1)NC(=S)NNC(=O)c1ccc(O)cc1. The van der Waals surface area contributed by atoms with E-state index < -0.39 is 11.8 Å². The van der Waals surface area contributed by atoms with Crippen LogP contribution in [-0.2, 0) is 4.79 Å². The molecule has 2 aromatic carbocycles.